The maximum absolute atomic E-state index is 6.37. The highest BCUT2D eigenvalue weighted by atomic mass is 35.5. The third kappa shape index (κ3) is 3.23. The lowest BCUT2D eigenvalue weighted by atomic mass is 9.92. The van der Waals surface area contributed by atoms with Crippen molar-refractivity contribution in [3.8, 4) is 0 Å². The summed E-state index contributed by atoms with van der Waals surface area (Å²) in [5.41, 5.74) is 13.8. The molecule has 2 N–H and O–H groups in total. The molecule has 1 unspecified atom stereocenters. The molecular weight excluding hydrogens is 266 g/mol. The number of nitrogens with two attached hydrogens (primary N) is 1. The van der Waals surface area contributed by atoms with E-state index in [0.717, 1.165) is 22.6 Å². The van der Waals surface area contributed by atoms with Crippen LogP contribution in [-0.4, -0.2) is 0 Å². The summed E-state index contributed by atoms with van der Waals surface area (Å²) in [6.45, 7) is 8.47. The number of aryl methyl sites for hydroxylation is 4. The minimum absolute atomic E-state index is 0.0665. The Bertz CT molecular complexity index is 608. The second-order valence-electron chi connectivity index (χ2n) is 5.71. The summed E-state index contributed by atoms with van der Waals surface area (Å²) < 4.78 is 0. The van der Waals surface area contributed by atoms with Crippen molar-refractivity contribution in [1.29, 1.82) is 0 Å². The normalized spacial score (nSPS) is 12.5. The van der Waals surface area contributed by atoms with Crippen LogP contribution in [0.4, 0.5) is 0 Å². The maximum atomic E-state index is 6.37. The van der Waals surface area contributed by atoms with E-state index >= 15 is 0 Å². The predicted octanol–water partition coefficient (Wildman–Crippen LogP) is 4.82. The molecule has 106 valence electrons. The second-order valence-corrected chi connectivity index (χ2v) is 6.12. The van der Waals surface area contributed by atoms with E-state index in [-0.39, 0.29) is 6.04 Å². The molecule has 1 atom stereocenters. The Hall–Kier alpha value is -1.31. The Morgan fingerprint density at radius 1 is 0.950 bits per heavy atom. The van der Waals surface area contributed by atoms with Crippen molar-refractivity contribution in [2.24, 2.45) is 5.73 Å². The van der Waals surface area contributed by atoms with Crippen LogP contribution in [0.2, 0.25) is 5.02 Å². The molecule has 20 heavy (non-hydrogen) atoms. The molecule has 0 aliphatic carbocycles. The van der Waals surface area contributed by atoms with Crippen LogP contribution in [0.15, 0.2) is 30.3 Å². The molecule has 0 heterocycles. The minimum atomic E-state index is -0.0665. The molecule has 0 bridgehead atoms. The van der Waals surface area contributed by atoms with Crippen molar-refractivity contribution >= 4 is 11.6 Å². The zero-order valence-corrected chi connectivity index (χ0v) is 13.4. The van der Waals surface area contributed by atoms with E-state index in [0.29, 0.717) is 0 Å². The fourth-order valence-corrected chi connectivity index (χ4v) is 3.17. The Labute approximate surface area is 126 Å². The molecule has 0 aliphatic heterocycles. The summed E-state index contributed by atoms with van der Waals surface area (Å²) in [5.74, 6) is 0. The Morgan fingerprint density at radius 2 is 1.55 bits per heavy atom. The van der Waals surface area contributed by atoms with E-state index in [9.17, 15) is 0 Å². The van der Waals surface area contributed by atoms with Crippen LogP contribution in [0.25, 0.3) is 0 Å². The first-order valence-corrected chi connectivity index (χ1v) is 7.34. The monoisotopic (exact) mass is 287 g/mol. The molecule has 0 fully saturated rings. The lowest BCUT2D eigenvalue weighted by Gasteiger charge is -2.18. The predicted molar refractivity (Wildman–Crippen MR) is 87.5 cm³/mol. The SMILES string of the molecule is Cc1cc(C)c(CC(N)c2ccc(C)cc2Cl)c(C)c1. The molecule has 2 aromatic rings. The number of hydrogen-bond acceptors (Lipinski definition) is 1. The van der Waals surface area contributed by atoms with Crippen LogP contribution in [0.3, 0.4) is 0 Å². The maximum Gasteiger partial charge on any atom is 0.0456 e. The molecule has 0 saturated heterocycles. The number of benzene rings is 2. The quantitative estimate of drug-likeness (QED) is 0.861. The van der Waals surface area contributed by atoms with Gasteiger partial charge in [0.25, 0.3) is 0 Å². The van der Waals surface area contributed by atoms with Crippen LogP contribution in [-0.2, 0) is 6.42 Å². The van der Waals surface area contributed by atoms with E-state index in [1.54, 1.807) is 0 Å². The lowest BCUT2D eigenvalue weighted by Crippen LogP contribution is -2.15. The lowest BCUT2D eigenvalue weighted by molar-refractivity contribution is 0.715. The van der Waals surface area contributed by atoms with Gasteiger partial charge in [-0.3, -0.25) is 0 Å². The fourth-order valence-electron chi connectivity index (χ4n) is 2.79. The van der Waals surface area contributed by atoms with Gasteiger partial charge >= 0.3 is 0 Å². The van der Waals surface area contributed by atoms with Gasteiger partial charge in [-0.05, 0) is 68.0 Å². The standard InChI is InChI=1S/C18H22ClN/c1-11-5-6-15(17(19)9-11)18(20)10-16-13(3)7-12(2)8-14(16)4/h5-9,18H,10,20H2,1-4H3. The van der Waals surface area contributed by atoms with Crippen molar-refractivity contribution in [3.63, 3.8) is 0 Å². The highest BCUT2D eigenvalue weighted by Crippen LogP contribution is 2.27. The molecular formula is C18H22ClN. The Morgan fingerprint density at radius 3 is 2.10 bits per heavy atom. The van der Waals surface area contributed by atoms with Crippen LogP contribution in [0.1, 0.15) is 39.4 Å². The summed E-state index contributed by atoms with van der Waals surface area (Å²) in [4.78, 5) is 0. The fraction of sp³-hybridized carbons (Fsp3) is 0.333. The van der Waals surface area contributed by atoms with Gasteiger partial charge in [0.2, 0.25) is 0 Å². The van der Waals surface area contributed by atoms with Crippen LogP contribution in [0.5, 0.6) is 0 Å². The zero-order valence-electron chi connectivity index (χ0n) is 12.6. The van der Waals surface area contributed by atoms with E-state index in [1.807, 2.05) is 19.1 Å². The van der Waals surface area contributed by atoms with Gasteiger partial charge in [-0.1, -0.05) is 41.4 Å². The first-order valence-electron chi connectivity index (χ1n) is 6.97. The molecule has 2 heteroatoms. The number of halogens is 1. The van der Waals surface area contributed by atoms with Crippen LogP contribution >= 0.6 is 11.6 Å². The van der Waals surface area contributed by atoms with E-state index in [2.05, 4.69) is 39.0 Å². The third-order valence-corrected chi connectivity index (χ3v) is 4.15. The molecule has 2 aromatic carbocycles. The number of hydrogen-bond donors (Lipinski definition) is 1. The van der Waals surface area contributed by atoms with Crippen LogP contribution < -0.4 is 5.73 Å². The first kappa shape index (κ1) is 15.1. The van der Waals surface area contributed by atoms with Gasteiger partial charge in [-0.2, -0.15) is 0 Å². The molecule has 1 nitrogen and oxygen atoms in total. The highest BCUT2D eigenvalue weighted by molar-refractivity contribution is 6.31. The van der Waals surface area contributed by atoms with Gasteiger partial charge in [0.05, 0.1) is 0 Å². The Balaban J connectivity index is 2.30. The molecule has 0 aromatic heterocycles. The topological polar surface area (TPSA) is 26.0 Å². The van der Waals surface area contributed by atoms with Gasteiger partial charge in [0.15, 0.2) is 0 Å². The van der Waals surface area contributed by atoms with Crippen molar-refractivity contribution in [1.82, 2.24) is 0 Å². The van der Waals surface area contributed by atoms with Gasteiger partial charge in [-0.15, -0.1) is 0 Å². The zero-order chi connectivity index (χ0) is 14.9. The van der Waals surface area contributed by atoms with Gasteiger partial charge in [0, 0.05) is 11.1 Å². The number of rotatable bonds is 3. The van der Waals surface area contributed by atoms with Gasteiger partial charge in [0.1, 0.15) is 0 Å². The molecule has 0 aliphatic rings. The summed E-state index contributed by atoms with van der Waals surface area (Å²) in [7, 11) is 0. The molecule has 0 spiro atoms. The Kier molecular flexibility index (Phi) is 4.52. The average molecular weight is 288 g/mol. The highest BCUT2D eigenvalue weighted by Gasteiger charge is 2.14. The van der Waals surface area contributed by atoms with E-state index in [4.69, 9.17) is 17.3 Å². The molecule has 0 saturated carbocycles. The van der Waals surface area contributed by atoms with Crippen LogP contribution in [0, 0.1) is 27.7 Å². The van der Waals surface area contributed by atoms with Gasteiger partial charge in [-0.25, -0.2) is 0 Å². The molecule has 0 amide bonds. The molecule has 0 radical (unpaired) electrons. The smallest absolute Gasteiger partial charge is 0.0456 e. The van der Waals surface area contributed by atoms with Crippen molar-refractivity contribution in [2.45, 2.75) is 40.2 Å². The second kappa shape index (κ2) is 5.99. The van der Waals surface area contributed by atoms with Crippen molar-refractivity contribution in [2.75, 3.05) is 0 Å². The van der Waals surface area contributed by atoms with Crippen molar-refractivity contribution in [3.05, 3.63) is 68.7 Å². The summed E-state index contributed by atoms with van der Waals surface area (Å²) in [6.07, 6.45) is 0.820. The largest absolute Gasteiger partial charge is 0.324 e. The van der Waals surface area contributed by atoms with Crippen molar-refractivity contribution < 1.29 is 0 Å². The van der Waals surface area contributed by atoms with E-state index in [1.165, 1.54) is 22.3 Å². The first-order chi connectivity index (χ1) is 9.38. The minimum Gasteiger partial charge on any atom is -0.324 e. The summed E-state index contributed by atoms with van der Waals surface area (Å²) in [5, 5.41) is 0.764. The average Bonchev–Trinajstić information content (AvgIpc) is 2.33. The molecule has 2 rings (SSSR count). The third-order valence-electron chi connectivity index (χ3n) is 3.82. The van der Waals surface area contributed by atoms with Gasteiger partial charge < -0.3 is 5.73 Å². The summed E-state index contributed by atoms with van der Waals surface area (Å²) in [6, 6.07) is 10.4. The summed E-state index contributed by atoms with van der Waals surface area (Å²) >= 11 is 6.32. The van der Waals surface area contributed by atoms with E-state index < -0.39 is 0 Å².